The average Bonchev–Trinajstić information content (AvgIpc) is 3.19. The maximum absolute atomic E-state index is 11.9. The molecule has 1 fully saturated rings. The van der Waals surface area contributed by atoms with Crippen LogP contribution in [0.3, 0.4) is 0 Å². The van der Waals surface area contributed by atoms with Crippen molar-refractivity contribution in [3.05, 3.63) is 18.3 Å². The minimum absolute atomic E-state index is 0.160. The molecule has 0 unspecified atom stereocenters. The van der Waals surface area contributed by atoms with Crippen LogP contribution in [0.4, 0.5) is 5.82 Å². The number of nitrogen functional groups attached to an aromatic ring is 1. The highest BCUT2D eigenvalue weighted by atomic mass is 32.2. The van der Waals surface area contributed by atoms with Crippen molar-refractivity contribution >= 4 is 15.8 Å². The molecule has 18 heavy (non-hydrogen) atoms. The van der Waals surface area contributed by atoms with E-state index in [9.17, 15) is 8.42 Å². The smallest absolute Gasteiger partial charge is 0.242 e. The van der Waals surface area contributed by atoms with Crippen molar-refractivity contribution in [2.45, 2.75) is 30.6 Å². The van der Waals surface area contributed by atoms with Crippen molar-refractivity contribution in [2.75, 3.05) is 12.0 Å². The molecule has 2 rings (SSSR count). The van der Waals surface area contributed by atoms with E-state index in [4.69, 9.17) is 5.84 Å². The lowest BCUT2D eigenvalue weighted by molar-refractivity contribution is 0.572. The number of rotatable bonds is 7. The van der Waals surface area contributed by atoms with Crippen LogP contribution >= 0.6 is 0 Å². The second-order valence-electron chi connectivity index (χ2n) is 4.51. The fourth-order valence-corrected chi connectivity index (χ4v) is 2.73. The van der Waals surface area contributed by atoms with Crippen LogP contribution in [0.5, 0.6) is 0 Å². The Kier molecular flexibility index (Phi) is 4.15. The Labute approximate surface area is 107 Å². The summed E-state index contributed by atoms with van der Waals surface area (Å²) in [4.78, 5) is 4.03. The van der Waals surface area contributed by atoms with Crippen molar-refractivity contribution in [2.24, 2.45) is 11.8 Å². The number of sulfonamides is 1. The molecular formula is C11H18N4O2S. The summed E-state index contributed by atoms with van der Waals surface area (Å²) in [6.07, 6.45) is 5.88. The van der Waals surface area contributed by atoms with E-state index >= 15 is 0 Å². The molecule has 1 aliphatic carbocycles. The third-order valence-electron chi connectivity index (χ3n) is 2.97. The summed E-state index contributed by atoms with van der Waals surface area (Å²) < 4.78 is 26.4. The molecule has 0 amide bonds. The zero-order valence-corrected chi connectivity index (χ0v) is 10.9. The standard InChI is InChI=1S/C11H18N4O2S/c12-15-11-6-5-10(8-13-11)18(16,17)14-7-1-2-9-3-4-9/h5-6,8-9,14H,1-4,7,12H2,(H,13,15). The van der Waals surface area contributed by atoms with Gasteiger partial charge in [0.1, 0.15) is 10.7 Å². The fraction of sp³-hybridized carbons (Fsp3) is 0.545. The molecule has 0 bridgehead atoms. The Morgan fingerprint density at radius 1 is 1.39 bits per heavy atom. The summed E-state index contributed by atoms with van der Waals surface area (Å²) in [5.74, 6) is 6.42. The number of pyridine rings is 1. The van der Waals surface area contributed by atoms with Crippen molar-refractivity contribution in [3.8, 4) is 0 Å². The van der Waals surface area contributed by atoms with E-state index in [-0.39, 0.29) is 4.90 Å². The Bertz CT molecular complexity index is 482. The molecule has 6 nitrogen and oxygen atoms in total. The van der Waals surface area contributed by atoms with Crippen LogP contribution < -0.4 is 16.0 Å². The zero-order valence-electron chi connectivity index (χ0n) is 10.1. The van der Waals surface area contributed by atoms with Crippen LogP contribution in [-0.2, 0) is 10.0 Å². The molecule has 0 aliphatic heterocycles. The van der Waals surface area contributed by atoms with E-state index < -0.39 is 10.0 Å². The molecule has 7 heteroatoms. The van der Waals surface area contributed by atoms with Crippen LogP contribution in [-0.4, -0.2) is 19.9 Å². The highest BCUT2D eigenvalue weighted by Gasteiger charge is 2.20. The first-order valence-corrected chi connectivity index (χ1v) is 7.52. The summed E-state index contributed by atoms with van der Waals surface area (Å²) in [7, 11) is -3.44. The van der Waals surface area contributed by atoms with Crippen LogP contribution in [0, 0.1) is 5.92 Å². The van der Waals surface area contributed by atoms with E-state index in [2.05, 4.69) is 15.1 Å². The number of hydrazine groups is 1. The van der Waals surface area contributed by atoms with Gasteiger partial charge in [0.2, 0.25) is 10.0 Å². The van der Waals surface area contributed by atoms with Gasteiger partial charge in [-0.25, -0.2) is 24.0 Å². The van der Waals surface area contributed by atoms with Crippen molar-refractivity contribution in [1.29, 1.82) is 0 Å². The predicted octanol–water partition coefficient (Wildman–Crippen LogP) is 0.836. The predicted molar refractivity (Wildman–Crippen MR) is 69.2 cm³/mol. The third kappa shape index (κ3) is 3.66. The second kappa shape index (κ2) is 5.64. The lowest BCUT2D eigenvalue weighted by Crippen LogP contribution is -2.25. The van der Waals surface area contributed by atoms with Gasteiger partial charge in [-0.05, 0) is 30.9 Å². The number of nitrogens with two attached hydrogens (primary N) is 1. The molecule has 1 aliphatic rings. The topological polar surface area (TPSA) is 97.1 Å². The van der Waals surface area contributed by atoms with Crippen LogP contribution in [0.25, 0.3) is 0 Å². The summed E-state index contributed by atoms with van der Waals surface area (Å²) in [6, 6.07) is 3.00. The number of nitrogens with one attached hydrogen (secondary N) is 2. The lowest BCUT2D eigenvalue weighted by Gasteiger charge is -2.06. The van der Waals surface area contributed by atoms with Crippen molar-refractivity contribution < 1.29 is 8.42 Å². The van der Waals surface area contributed by atoms with Crippen molar-refractivity contribution in [3.63, 3.8) is 0 Å². The molecule has 0 aromatic carbocycles. The second-order valence-corrected chi connectivity index (χ2v) is 6.27. The van der Waals surface area contributed by atoms with Gasteiger partial charge in [0.05, 0.1) is 0 Å². The average molecular weight is 270 g/mol. The van der Waals surface area contributed by atoms with Gasteiger partial charge in [-0.2, -0.15) is 0 Å². The highest BCUT2D eigenvalue weighted by molar-refractivity contribution is 7.89. The normalized spacial score (nSPS) is 15.6. The van der Waals surface area contributed by atoms with E-state index in [1.165, 1.54) is 31.2 Å². The van der Waals surface area contributed by atoms with Gasteiger partial charge in [0, 0.05) is 12.7 Å². The van der Waals surface area contributed by atoms with Gasteiger partial charge in [0.25, 0.3) is 0 Å². The lowest BCUT2D eigenvalue weighted by atomic mass is 10.2. The van der Waals surface area contributed by atoms with Crippen LogP contribution in [0.15, 0.2) is 23.2 Å². The van der Waals surface area contributed by atoms with Gasteiger partial charge in [-0.1, -0.05) is 12.8 Å². The van der Waals surface area contributed by atoms with E-state index in [1.54, 1.807) is 0 Å². The molecular weight excluding hydrogens is 252 g/mol. The molecule has 4 N–H and O–H groups in total. The first-order chi connectivity index (χ1) is 8.62. The Balaban J connectivity index is 1.87. The molecule has 1 aromatic heterocycles. The molecule has 0 atom stereocenters. The number of nitrogens with zero attached hydrogens (tertiary/aromatic N) is 1. The first kappa shape index (κ1) is 13.3. The largest absolute Gasteiger partial charge is 0.308 e. The van der Waals surface area contributed by atoms with Gasteiger partial charge in [0.15, 0.2) is 0 Å². The fourth-order valence-electron chi connectivity index (χ4n) is 1.71. The number of aromatic nitrogens is 1. The summed E-state index contributed by atoms with van der Waals surface area (Å²) in [6.45, 7) is 0.482. The number of hydrogen-bond donors (Lipinski definition) is 3. The molecule has 100 valence electrons. The Morgan fingerprint density at radius 2 is 2.17 bits per heavy atom. The maximum atomic E-state index is 11.9. The summed E-state index contributed by atoms with van der Waals surface area (Å²) >= 11 is 0. The molecule has 1 aromatic rings. The molecule has 0 radical (unpaired) electrons. The first-order valence-electron chi connectivity index (χ1n) is 6.04. The van der Waals surface area contributed by atoms with Gasteiger partial charge < -0.3 is 5.43 Å². The summed E-state index contributed by atoms with van der Waals surface area (Å²) in [5, 5.41) is 0. The van der Waals surface area contributed by atoms with Gasteiger partial charge >= 0.3 is 0 Å². The molecule has 0 spiro atoms. The van der Waals surface area contributed by atoms with Gasteiger partial charge in [-0.3, -0.25) is 0 Å². The minimum atomic E-state index is -3.44. The van der Waals surface area contributed by atoms with Crippen LogP contribution in [0.2, 0.25) is 0 Å². The molecule has 0 saturated heterocycles. The third-order valence-corrected chi connectivity index (χ3v) is 4.42. The van der Waals surface area contributed by atoms with Crippen molar-refractivity contribution in [1.82, 2.24) is 9.71 Å². The Morgan fingerprint density at radius 3 is 2.72 bits per heavy atom. The monoisotopic (exact) mass is 270 g/mol. The maximum Gasteiger partial charge on any atom is 0.242 e. The van der Waals surface area contributed by atoms with Gasteiger partial charge in [-0.15, -0.1) is 0 Å². The summed E-state index contributed by atoms with van der Waals surface area (Å²) in [5.41, 5.74) is 2.35. The Hall–Kier alpha value is -1.18. The number of anilines is 1. The number of hydrogen-bond acceptors (Lipinski definition) is 5. The minimum Gasteiger partial charge on any atom is -0.308 e. The van der Waals surface area contributed by atoms with E-state index in [0.717, 1.165) is 18.8 Å². The van der Waals surface area contributed by atoms with E-state index in [0.29, 0.717) is 12.4 Å². The molecule has 1 heterocycles. The molecule has 1 saturated carbocycles. The van der Waals surface area contributed by atoms with Crippen LogP contribution in [0.1, 0.15) is 25.7 Å². The quantitative estimate of drug-likeness (QED) is 0.387. The zero-order chi connectivity index (χ0) is 13.0. The SMILES string of the molecule is NNc1ccc(S(=O)(=O)NCCCC2CC2)cn1. The highest BCUT2D eigenvalue weighted by Crippen LogP contribution is 2.33. The van der Waals surface area contributed by atoms with E-state index in [1.807, 2.05) is 0 Å².